The summed E-state index contributed by atoms with van der Waals surface area (Å²) in [7, 11) is 0. The van der Waals surface area contributed by atoms with Crippen LogP contribution in [0.4, 0.5) is 18.9 Å². The van der Waals surface area contributed by atoms with Crippen molar-refractivity contribution in [2.45, 2.75) is 25.3 Å². The molecule has 0 radical (unpaired) electrons. The van der Waals surface area contributed by atoms with Gasteiger partial charge in [0.1, 0.15) is 16.9 Å². The van der Waals surface area contributed by atoms with Crippen LogP contribution < -0.4 is 15.6 Å². The second-order valence-electron chi connectivity index (χ2n) is 7.15. The van der Waals surface area contributed by atoms with E-state index in [4.69, 9.17) is 20.8 Å². The topological polar surface area (TPSA) is 73.1 Å². The minimum Gasteiger partial charge on any atom is -0.438 e. The standard InChI is InChI=1S/C22H18ClF3N2O4/c23-14-6-7-19-13(9-14)10-18(20(29)27-12-17-5-2-8-30-17)21(31-19)28-15-3-1-4-16(11-15)32-22(24,25)26/h1,3-4,6-7,9-11,17H,2,5,8,12H2,(H,27,29). The highest BCUT2D eigenvalue weighted by molar-refractivity contribution is 6.31. The van der Waals surface area contributed by atoms with Crippen molar-refractivity contribution < 1.29 is 31.9 Å². The summed E-state index contributed by atoms with van der Waals surface area (Å²) in [6.45, 7) is 0.974. The van der Waals surface area contributed by atoms with Crippen LogP contribution in [0.2, 0.25) is 5.02 Å². The molecule has 4 rings (SSSR count). The minimum atomic E-state index is -4.83. The molecule has 2 heterocycles. The molecule has 168 valence electrons. The highest BCUT2D eigenvalue weighted by Crippen LogP contribution is 2.26. The van der Waals surface area contributed by atoms with E-state index in [0.29, 0.717) is 29.1 Å². The van der Waals surface area contributed by atoms with Gasteiger partial charge in [-0.15, -0.1) is 13.2 Å². The maximum atomic E-state index is 12.9. The first-order valence-electron chi connectivity index (χ1n) is 9.80. The quantitative estimate of drug-likeness (QED) is 0.566. The monoisotopic (exact) mass is 466 g/mol. The third-order valence-electron chi connectivity index (χ3n) is 4.75. The number of halogens is 4. The molecular formula is C22H18ClF3N2O4. The van der Waals surface area contributed by atoms with E-state index in [2.05, 4.69) is 15.0 Å². The molecule has 2 aromatic carbocycles. The molecule has 1 aliphatic rings. The maximum Gasteiger partial charge on any atom is 0.573 e. The van der Waals surface area contributed by atoms with E-state index in [1.54, 1.807) is 24.3 Å². The Balaban J connectivity index is 1.73. The number of benzene rings is 2. The molecule has 1 N–H and O–H groups in total. The van der Waals surface area contributed by atoms with Crippen molar-refractivity contribution in [3.63, 3.8) is 0 Å². The van der Waals surface area contributed by atoms with Gasteiger partial charge >= 0.3 is 6.36 Å². The Morgan fingerprint density at radius 2 is 2.06 bits per heavy atom. The number of hydrogen-bond acceptors (Lipinski definition) is 5. The predicted molar refractivity (Wildman–Crippen MR) is 111 cm³/mol. The lowest BCUT2D eigenvalue weighted by Gasteiger charge is -2.11. The molecule has 1 aromatic heterocycles. The number of fused-ring (bicyclic) bond motifs is 1. The van der Waals surface area contributed by atoms with Crippen molar-refractivity contribution in [1.29, 1.82) is 0 Å². The molecule has 0 saturated carbocycles. The first kappa shape index (κ1) is 22.2. The summed E-state index contributed by atoms with van der Waals surface area (Å²) in [4.78, 5) is 17.2. The summed E-state index contributed by atoms with van der Waals surface area (Å²) in [5.74, 6) is -0.886. The molecule has 1 fully saturated rings. The number of amides is 1. The zero-order valence-electron chi connectivity index (χ0n) is 16.6. The Bertz CT molecular complexity index is 1200. The number of nitrogens with one attached hydrogen (secondary N) is 1. The molecule has 32 heavy (non-hydrogen) atoms. The summed E-state index contributed by atoms with van der Waals surface area (Å²) in [5.41, 5.74) is 0.581. The van der Waals surface area contributed by atoms with E-state index in [0.717, 1.165) is 25.0 Å². The van der Waals surface area contributed by atoms with E-state index in [-0.39, 0.29) is 22.9 Å². The van der Waals surface area contributed by atoms with E-state index in [9.17, 15) is 18.0 Å². The van der Waals surface area contributed by atoms with Gasteiger partial charge in [-0.25, -0.2) is 4.99 Å². The molecular weight excluding hydrogens is 449 g/mol. The van der Waals surface area contributed by atoms with Gasteiger partial charge in [0.05, 0.1) is 11.8 Å². The van der Waals surface area contributed by atoms with Crippen LogP contribution in [0.3, 0.4) is 0 Å². The summed E-state index contributed by atoms with van der Waals surface area (Å²) in [6, 6.07) is 11.5. The fourth-order valence-corrected chi connectivity index (χ4v) is 3.50. The average Bonchev–Trinajstić information content (AvgIpc) is 3.24. The first-order valence-corrected chi connectivity index (χ1v) is 10.2. The highest BCUT2D eigenvalue weighted by atomic mass is 35.5. The number of carbonyl (C=O) groups excluding carboxylic acids is 1. The van der Waals surface area contributed by atoms with Crippen LogP contribution in [0.5, 0.6) is 5.75 Å². The number of carbonyl (C=O) groups is 1. The van der Waals surface area contributed by atoms with Crippen molar-refractivity contribution in [3.8, 4) is 5.75 Å². The van der Waals surface area contributed by atoms with Gasteiger partial charge in [0.15, 0.2) is 0 Å². The molecule has 3 aromatic rings. The summed E-state index contributed by atoms with van der Waals surface area (Å²) >= 11 is 6.05. The molecule has 0 bridgehead atoms. The van der Waals surface area contributed by atoms with Crippen LogP contribution in [-0.4, -0.2) is 31.5 Å². The Hall–Kier alpha value is -3.04. The van der Waals surface area contributed by atoms with Crippen molar-refractivity contribution in [2.75, 3.05) is 13.2 Å². The first-order chi connectivity index (χ1) is 15.3. The smallest absolute Gasteiger partial charge is 0.438 e. The second kappa shape index (κ2) is 9.22. The molecule has 1 aliphatic heterocycles. The van der Waals surface area contributed by atoms with Crippen LogP contribution in [0.15, 0.2) is 57.9 Å². The van der Waals surface area contributed by atoms with Crippen molar-refractivity contribution >= 4 is 34.2 Å². The highest BCUT2D eigenvalue weighted by Gasteiger charge is 2.31. The number of ether oxygens (including phenoxy) is 2. The van der Waals surface area contributed by atoms with Gasteiger partial charge in [-0.05, 0) is 49.2 Å². The summed E-state index contributed by atoms with van der Waals surface area (Å²) in [5, 5.41) is 3.83. The zero-order valence-corrected chi connectivity index (χ0v) is 17.4. The lowest BCUT2D eigenvalue weighted by atomic mass is 10.1. The number of nitrogens with zero attached hydrogens (tertiary/aromatic N) is 1. The van der Waals surface area contributed by atoms with Crippen molar-refractivity contribution in [2.24, 2.45) is 4.99 Å². The fraction of sp³-hybridized carbons (Fsp3) is 0.273. The molecule has 0 spiro atoms. The van der Waals surface area contributed by atoms with E-state index >= 15 is 0 Å². The Labute approximate surface area is 185 Å². The van der Waals surface area contributed by atoms with E-state index < -0.39 is 18.0 Å². The van der Waals surface area contributed by atoms with Crippen LogP contribution in [-0.2, 0) is 4.74 Å². The number of alkyl halides is 3. The zero-order chi connectivity index (χ0) is 22.7. The Morgan fingerprint density at radius 1 is 1.22 bits per heavy atom. The minimum absolute atomic E-state index is 0.0613. The van der Waals surface area contributed by atoms with Crippen molar-refractivity contribution in [1.82, 2.24) is 5.32 Å². The number of hydrogen-bond donors (Lipinski definition) is 1. The second-order valence-corrected chi connectivity index (χ2v) is 7.59. The predicted octanol–water partition coefficient (Wildman–Crippen LogP) is 5.13. The van der Waals surface area contributed by atoms with E-state index in [1.807, 2.05) is 0 Å². The molecule has 10 heteroatoms. The van der Waals surface area contributed by atoms with Crippen molar-refractivity contribution in [3.05, 3.63) is 64.7 Å². The van der Waals surface area contributed by atoms with Crippen LogP contribution in [0.25, 0.3) is 11.0 Å². The molecule has 1 amide bonds. The lowest BCUT2D eigenvalue weighted by molar-refractivity contribution is -0.274. The van der Waals surface area contributed by atoms with E-state index in [1.165, 1.54) is 12.1 Å². The van der Waals surface area contributed by atoms with Crippen LogP contribution in [0.1, 0.15) is 23.2 Å². The Kier molecular flexibility index (Phi) is 6.38. The third-order valence-corrected chi connectivity index (χ3v) is 4.98. The summed E-state index contributed by atoms with van der Waals surface area (Å²) < 4.78 is 52.9. The van der Waals surface area contributed by atoms with Gasteiger partial charge in [-0.1, -0.05) is 17.7 Å². The molecule has 1 saturated heterocycles. The van der Waals surface area contributed by atoms with Gasteiger partial charge in [0.2, 0.25) is 5.55 Å². The SMILES string of the molecule is O=C(NCC1CCCO1)c1cc2cc(Cl)ccc2oc1=Nc1cccc(OC(F)(F)F)c1. The summed E-state index contributed by atoms with van der Waals surface area (Å²) in [6.07, 6.45) is -3.12. The largest absolute Gasteiger partial charge is 0.573 e. The molecule has 1 unspecified atom stereocenters. The van der Waals surface area contributed by atoms with Crippen LogP contribution in [0, 0.1) is 0 Å². The average molecular weight is 467 g/mol. The van der Waals surface area contributed by atoms with Gasteiger partial charge in [-0.3, -0.25) is 4.79 Å². The van der Waals surface area contributed by atoms with Crippen LogP contribution >= 0.6 is 11.6 Å². The molecule has 1 atom stereocenters. The van der Waals surface area contributed by atoms with Gasteiger partial charge in [-0.2, -0.15) is 0 Å². The third kappa shape index (κ3) is 5.60. The molecule has 0 aliphatic carbocycles. The Morgan fingerprint density at radius 3 is 2.81 bits per heavy atom. The fourth-order valence-electron chi connectivity index (χ4n) is 3.32. The number of rotatable bonds is 5. The van der Waals surface area contributed by atoms with Gasteiger partial charge < -0.3 is 19.2 Å². The molecule has 6 nitrogen and oxygen atoms in total. The lowest BCUT2D eigenvalue weighted by Crippen LogP contribution is -2.34. The van der Waals surface area contributed by atoms with Gasteiger partial charge in [0, 0.05) is 29.6 Å². The normalized spacial score (nSPS) is 17.0. The maximum absolute atomic E-state index is 12.9. The van der Waals surface area contributed by atoms with Gasteiger partial charge in [0.25, 0.3) is 5.91 Å².